The molecule has 1 aromatic heterocycles. The van der Waals surface area contributed by atoms with Crippen LogP contribution in [0.4, 0.5) is 0 Å². The maximum absolute atomic E-state index is 6.05. The molecule has 0 amide bonds. The first-order valence-corrected chi connectivity index (χ1v) is 9.74. The Morgan fingerprint density at radius 2 is 1.89 bits per heavy atom. The Labute approximate surface area is 167 Å². The average molecular weight is 385 g/mol. The number of aromatic nitrogens is 1. The number of aryl methyl sites for hydroxylation is 3. The lowest BCUT2D eigenvalue weighted by Gasteiger charge is -2.11. The number of rotatable bonds is 5. The van der Waals surface area contributed by atoms with Crippen LogP contribution in [0.1, 0.15) is 34.4 Å². The lowest BCUT2D eigenvalue weighted by Crippen LogP contribution is -2.16. The number of benzene rings is 2. The fourth-order valence-corrected chi connectivity index (χ4v) is 4.01. The highest BCUT2D eigenvalue weighted by molar-refractivity contribution is 5.88. The van der Waals surface area contributed by atoms with Gasteiger partial charge in [0.1, 0.15) is 5.75 Å². The molecule has 3 nitrogen and oxygen atoms in total. The molecule has 0 spiro atoms. The normalized spacial score (nSPS) is 13.7. The van der Waals surface area contributed by atoms with Crippen LogP contribution in [0.5, 0.6) is 5.75 Å². The number of hydrogen-bond acceptors (Lipinski definition) is 2. The molecule has 2 heterocycles. The van der Waals surface area contributed by atoms with E-state index in [0.717, 1.165) is 51.1 Å². The van der Waals surface area contributed by atoms with Crippen molar-refractivity contribution in [3.05, 3.63) is 64.3 Å². The van der Waals surface area contributed by atoms with Crippen LogP contribution < -0.4 is 10.1 Å². The molecule has 0 unspecified atom stereocenters. The molecule has 0 aliphatic carbocycles. The van der Waals surface area contributed by atoms with E-state index in [2.05, 4.69) is 60.5 Å². The van der Waals surface area contributed by atoms with Gasteiger partial charge in [-0.1, -0.05) is 24.3 Å². The molecule has 0 saturated carbocycles. The maximum Gasteiger partial charge on any atom is 0.122 e. The van der Waals surface area contributed by atoms with E-state index in [4.69, 9.17) is 4.74 Å². The van der Waals surface area contributed by atoms with E-state index in [9.17, 15) is 0 Å². The van der Waals surface area contributed by atoms with E-state index in [0.29, 0.717) is 0 Å². The molecule has 0 saturated heterocycles. The van der Waals surface area contributed by atoms with Crippen molar-refractivity contribution in [2.45, 2.75) is 39.5 Å². The summed E-state index contributed by atoms with van der Waals surface area (Å²) < 4.78 is 6.05. The van der Waals surface area contributed by atoms with Gasteiger partial charge in [0.2, 0.25) is 0 Å². The van der Waals surface area contributed by atoms with Crippen LogP contribution in [0.15, 0.2) is 36.4 Å². The van der Waals surface area contributed by atoms with Crippen molar-refractivity contribution in [3.63, 3.8) is 0 Å². The van der Waals surface area contributed by atoms with E-state index in [1.54, 1.807) is 0 Å². The Morgan fingerprint density at radius 1 is 1.04 bits per heavy atom. The summed E-state index contributed by atoms with van der Waals surface area (Å²) in [4.78, 5) is 3.66. The summed E-state index contributed by atoms with van der Waals surface area (Å²) in [6.45, 7) is 7.12. The summed E-state index contributed by atoms with van der Waals surface area (Å²) in [7, 11) is 0. The van der Waals surface area contributed by atoms with E-state index >= 15 is 0 Å². The largest absolute Gasteiger partial charge is 0.493 e. The summed E-state index contributed by atoms with van der Waals surface area (Å²) in [6.07, 6.45) is 4.30. The molecule has 0 fully saturated rings. The minimum absolute atomic E-state index is 0. The lowest BCUT2D eigenvalue weighted by molar-refractivity contribution is 0.309. The quantitative estimate of drug-likeness (QED) is 0.613. The van der Waals surface area contributed by atoms with Gasteiger partial charge in [0, 0.05) is 29.6 Å². The molecule has 2 N–H and O–H groups in total. The molecule has 2 aromatic carbocycles. The molecular formula is C23H29ClN2O. The first-order chi connectivity index (χ1) is 12.7. The number of aromatic amines is 1. The van der Waals surface area contributed by atoms with Crippen molar-refractivity contribution in [2.24, 2.45) is 0 Å². The molecule has 3 aromatic rings. The van der Waals surface area contributed by atoms with Crippen molar-refractivity contribution < 1.29 is 4.74 Å². The maximum atomic E-state index is 6.05. The van der Waals surface area contributed by atoms with Crippen LogP contribution in [0.3, 0.4) is 0 Å². The van der Waals surface area contributed by atoms with Crippen molar-refractivity contribution >= 4 is 23.3 Å². The minimum atomic E-state index is 0. The monoisotopic (exact) mass is 384 g/mol. The topological polar surface area (TPSA) is 37.0 Å². The van der Waals surface area contributed by atoms with E-state index in [1.807, 2.05) is 0 Å². The Balaban J connectivity index is 0.00000210. The van der Waals surface area contributed by atoms with Crippen LogP contribution in [0.2, 0.25) is 0 Å². The Hall–Kier alpha value is -1.97. The summed E-state index contributed by atoms with van der Waals surface area (Å²) in [5.74, 6) is 1.02. The van der Waals surface area contributed by atoms with Crippen LogP contribution in [-0.2, 0) is 19.3 Å². The molecule has 1 aliphatic heterocycles. The zero-order valence-corrected chi connectivity index (χ0v) is 17.0. The molecule has 27 heavy (non-hydrogen) atoms. The first-order valence-electron chi connectivity index (χ1n) is 9.74. The number of nitrogens with one attached hydrogen (secondary N) is 2. The van der Waals surface area contributed by atoms with Crippen molar-refractivity contribution in [3.8, 4) is 5.75 Å². The molecule has 0 bridgehead atoms. The Kier molecular flexibility index (Phi) is 6.46. The SMILES string of the molecule is Cc1ccc(C)c(OCCCc2cccc3[nH]c4c(c23)CCNCC4)c1.Cl. The number of halogens is 1. The van der Waals surface area contributed by atoms with Crippen molar-refractivity contribution in [1.29, 1.82) is 0 Å². The molecule has 144 valence electrons. The van der Waals surface area contributed by atoms with Gasteiger partial charge in [0.25, 0.3) is 0 Å². The van der Waals surface area contributed by atoms with Gasteiger partial charge in [0.15, 0.2) is 0 Å². The Morgan fingerprint density at radius 3 is 2.78 bits per heavy atom. The van der Waals surface area contributed by atoms with Crippen molar-refractivity contribution in [1.82, 2.24) is 10.3 Å². The molecular weight excluding hydrogens is 356 g/mol. The fourth-order valence-electron chi connectivity index (χ4n) is 4.01. The number of H-pyrrole nitrogens is 1. The van der Waals surface area contributed by atoms with Gasteiger partial charge in [-0.05, 0) is 74.0 Å². The third-order valence-corrected chi connectivity index (χ3v) is 5.40. The smallest absolute Gasteiger partial charge is 0.122 e. The van der Waals surface area contributed by atoms with Crippen LogP contribution in [-0.4, -0.2) is 24.7 Å². The van der Waals surface area contributed by atoms with E-state index < -0.39 is 0 Å². The summed E-state index contributed by atoms with van der Waals surface area (Å²) in [6, 6.07) is 13.1. The summed E-state index contributed by atoms with van der Waals surface area (Å²) in [5, 5.41) is 4.96. The van der Waals surface area contributed by atoms with Crippen LogP contribution in [0.25, 0.3) is 10.9 Å². The molecule has 0 atom stereocenters. The average Bonchev–Trinajstić information content (AvgIpc) is 2.84. The molecule has 0 radical (unpaired) electrons. The predicted octanol–water partition coefficient (Wildman–Crippen LogP) is 4.91. The second kappa shape index (κ2) is 8.81. The van der Waals surface area contributed by atoms with Gasteiger partial charge < -0.3 is 15.0 Å². The number of fused-ring (bicyclic) bond motifs is 3. The predicted molar refractivity (Wildman–Crippen MR) is 116 cm³/mol. The van der Waals surface area contributed by atoms with Gasteiger partial charge in [-0.15, -0.1) is 12.4 Å². The third kappa shape index (κ3) is 4.31. The highest BCUT2D eigenvalue weighted by atomic mass is 35.5. The zero-order chi connectivity index (χ0) is 17.9. The zero-order valence-electron chi connectivity index (χ0n) is 16.2. The molecule has 4 rings (SSSR count). The second-order valence-corrected chi connectivity index (χ2v) is 7.39. The third-order valence-electron chi connectivity index (χ3n) is 5.40. The summed E-state index contributed by atoms with van der Waals surface area (Å²) >= 11 is 0. The molecule has 1 aliphatic rings. The van der Waals surface area contributed by atoms with Crippen LogP contribution >= 0.6 is 12.4 Å². The lowest BCUT2D eigenvalue weighted by atomic mass is 9.99. The van der Waals surface area contributed by atoms with Gasteiger partial charge in [-0.3, -0.25) is 0 Å². The van der Waals surface area contributed by atoms with Crippen LogP contribution in [0, 0.1) is 13.8 Å². The van der Waals surface area contributed by atoms with Gasteiger partial charge in [-0.25, -0.2) is 0 Å². The standard InChI is InChI=1S/C23H28N2O.ClH/c1-16-8-9-17(2)22(15-16)26-14-4-6-18-5-3-7-21-23(18)19-10-12-24-13-11-20(19)25-21;/h3,5,7-9,15,24-25H,4,6,10-14H2,1-2H3;1H. The minimum Gasteiger partial charge on any atom is -0.493 e. The number of ether oxygens (including phenoxy) is 1. The van der Waals surface area contributed by atoms with E-state index in [-0.39, 0.29) is 12.4 Å². The Bertz CT molecular complexity index is 916. The van der Waals surface area contributed by atoms with Crippen molar-refractivity contribution in [2.75, 3.05) is 19.7 Å². The first kappa shape index (κ1) is 19.8. The highest BCUT2D eigenvalue weighted by Crippen LogP contribution is 2.29. The fraction of sp³-hybridized carbons (Fsp3) is 0.391. The van der Waals surface area contributed by atoms with Gasteiger partial charge >= 0.3 is 0 Å². The van der Waals surface area contributed by atoms with Gasteiger partial charge in [0.05, 0.1) is 6.61 Å². The summed E-state index contributed by atoms with van der Waals surface area (Å²) in [5.41, 5.74) is 8.15. The van der Waals surface area contributed by atoms with Gasteiger partial charge in [-0.2, -0.15) is 0 Å². The highest BCUT2D eigenvalue weighted by Gasteiger charge is 2.16. The number of hydrogen-bond donors (Lipinski definition) is 2. The molecule has 4 heteroatoms. The van der Waals surface area contributed by atoms with E-state index in [1.165, 1.54) is 38.9 Å². The second-order valence-electron chi connectivity index (χ2n) is 7.39.